The van der Waals surface area contributed by atoms with Gasteiger partial charge in [-0.1, -0.05) is 31.4 Å². The van der Waals surface area contributed by atoms with Gasteiger partial charge in [-0.05, 0) is 30.4 Å². The third-order valence-corrected chi connectivity index (χ3v) is 3.16. The van der Waals surface area contributed by atoms with Crippen LogP contribution in [0.4, 0.5) is 10.5 Å². The van der Waals surface area contributed by atoms with Gasteiger partial charge in [0.1, 0.15) is 0 Å². The number of carbonyl (C=O) groups is 1. The van der Waals surface area contributed by atoms with Crippen molar-refractivity contribution in [1.29, 1.82) is 0 Å². The molecule has 1 aliphatic rings. The highest BCUT2D eigenvalue weighted by atomic mass is 16.2. The fourth-order valence-corrected chi connectivity index (χ4v) is 2.38. The smallest absolute Gasteiger partial charge is 0.316 e. The molecule has 1 radical (unpaired) electrons. The topological polar surface area (TPSA) is 55.1 Å². The van der Waals surface area contributed by atoms with E-state index >= 15 is 0 Å². The van der Waals surface area contributed by atoms with Gasteiger partial charge in [-0.15, -0.1) is 0 Å². The second-order valence-corrected chi connectivity index (χ2v) is 4.36. The van der Waals surface area contributed by atoms with E-state index in [2.05, 4.69) is 17.4 Å². The molecular weight excluding hydrogens is 200 g/mol. The average molecular weight is 217 g/mol. The first-order valence-electron chi connectivity index (χ1n) is 5.84. The van der Waals surface area contributed by atoms with Gasteiger partial charge in [0.15, 0.2) is 0 Å². The fraction of sp³-hybridized carbons (Fsp3) is 0.462. The standard InChI is InChI=1S/C13H17N2O/c14-13(16)15-12-8-4-7-11(9-12)10-5-2-1-3-6-10/h4,7,9-10H,1-3,5-6H2,(H3,14,15,16). The number of amides is 2. The molecule has 0 unspecified atom stereocenters. The van der Waals surface area contributed by atoms with Crippen molar-refractivity contribution in [3.05, 3.63) is 29.8 Å². The van der Waals surface area contributed by atoms with Crippen molar-refractivity contribution in [2.75, 3.05) is 5.32 Å². The summed E-state index contributed by atoms with van der Waals surface area (Å²) in [5.74, 6) is 0.636. The van der Waals surface area contributed by atoms with Crippen LogP contribution in [0.15, 0.2) is 18.2 Å². The van der Waals surface area contributed by atoms with E-state index in [0.29, 0.717) is 11.6 Å². The molecule has 0 bridgehead atoms. The van der Waals surface area contributed by atoms with E-state index < -0.39 is 6.03 Å². The van der Waals surface area contributed by atoms with Crippen molar-refractivity contribution in [2.24, 2.45) is 5.73 Å². The van der Waals surface area contributed by atoms with Gasteiger partial charge in [-0.3, -0.25) is 0 Å². The highest BCUT2D eigenvalue weighted by molar-refractivity contribution is 5.87. The lowest BCUT2D eigenvalue weighted by Gasteiger charge is -2.22. The SMILES string of the molecule is NC(=O)Nc1[c]ccc(C2CCCCC2)c1. The zero-order valence-electron chi connectivity index (χ0n) is 9.33. The van der Waals surface area contributed by atoms with Gasteiger partial charge < -0.3 is 11.1 Å². The number of nitrogens with two attached hydrogens (primary N) is 1. The summed E-state index contributed by atoms with van der Waals surface area (Å²) >= 11 is 0. The predicted octanol–water partition coefficient (Wildman–Crippen LogP) is 3.03. The van der Waals surface area contributed by atoms with E-state index in [4.69, 9.17) is 5.73 Å². The summed E-state index contributed by atoms with van der Waals surface area (Å²) in [4.78, 5) is 10.7. The molecule has 3 heteroatoms. The number of nitrogens with one attached hydrogen (secondary N) is 1. The number of primary amides is 1. The fourth-order valence-electron chi connectivity index (χ4n) is 2.38. The lowest BCUT2D eigenvalue weighted by molar-refractivity contribution is 0.259. The summed E-state index contributed by atoms with van der Waals surface area (Å²) in [5.41, 5.74) is 7.05. The molecule has 1 aromatic carbocycles. The number of urea groups is 1. The van der Waals surface area contributed by atoms with Crippen molar-refractivity contribution in [2.45, 2.75) is 38.0 Å². The van der Waals surface area contributed by atoms with Crippen LogP contribution in [0.2, 0.25) is 0 Å². The number of anilines is 1. The lowest BCUT2D eigenvalue weighted by atomic mass is 9.84. The lowest BCUT2D eigenvalue weighted by Crippen LogP contribution is -2.19. The Morgan fingerprint density at radius 3 is 2.81 bits per heavy atom. The Bertz CT molecular complexity index is 370. The van der Waals surface area contributed by atoms with E-state index in [1.54, 1.807) is 0 Å². The maximum atomic E-state index is 10.7. The van der Waals surface area contributed by atoms with Gasteiger partial charge in [0.05, 0.1) is 5.69 Å². The second kappa shape index (κ2) is 5.01. The minimum absolute atomic E-state index is 0.531. The van der Waals surface area contributed by atoms with E-state index in [0.717, 1.165) is 0 Å². The first-order chi connectivity index (χ1) is 7.75. The van der Waals surface area contributed by atoms with Gasteiger partial charge in [0.2, 0.25) is 0 Å². The zero-order valence-corrected chi connectivity index (χ0v) is 9.33. The van der Waals surface area contributed by atoms with E-state index in [1.165, 1.54) is 37.7 Å². The minimum atomic E-state index is -0.531. The van der Waals surface area contributed by atoms with Crippen molar-refractivity contribution in [1.82, 2.24) is 0 Å². The first kappa shape index (κ1) is 11.0. The summed E-state index contributed by atoms with van der Waals surface area (Å²) in [6.07, 6.45) is 6.46. The summed E-state index contributed by atoms with van der Waals surface area (Å²) < 4.78 is 0. The summed E-state index contributed by atoms with van der Waals surface area (Å²) in [5, 5.41) is 2.57. The molecule has 1 aromatic rings. The molecule has 3 N–H and O–H groups in total. The normalized spacial score (nSPS) is 17.0. The molecule has 0 heterocycles. The van der Waals surface area contributed by atoms with E-state index in [-0.39, 0.29) is 0 Å². The molecule has 2 rings (SSSR count). The molecule has 0 aromatic heterocycles. The number of hydrogen-bond donors (Lipinski definition) is 2. The molecule has 0 saturated heterocycles. The van der Waals surface area contributed by atoms with Crippen LogP contribution in [-0.4, -0.2) is 6.03 Å². The molecule has 0 atom stereocenters. The van der Waals surface area contributed by atoms with Crippen molar-refractivity contribution in [3.8, 4) is 0 Å². The summed E-state index contributed by atoms with van der Waals surface area (Å²) in [6.45, 7) is 0. The monoisotopic (exact) mass is 217 g/mol. The molecule has 1 aliphatic carbocycles. The van der Waals surface area contributed by atoms with Crippen LogP contribution < -0.4 is 11.1 Å². The van der Waals surface area contributed by atoms with Crippen molar-refractivity contribution in [3.63, 3.8) is 0 Å². The number of hydrogen-bond acceptors (Lipinski definition) is 1. The first-order valence-corrected chi connectivity index (χ1v) is 5.84. The molecule has 0 spiro atoms. The van der Waals surface area contributed by atoms with Crippen LogP contribution >= 0.6 is 0 Å². The average Bonchev–Trinajstić information content (AvgIpc) is 2.30. The quantitative estimate of drug-likeness (QED) is 0.786. The Balaban J connectivity index is 2.11. The second-order valence-electron chi connectivity index (χ2n) is 4.36. The van der Waals surface area contributed by atoms with Crippen LogP contribution in [0.3, 0.4) is 0 Å². The van der Waals surface area contributed by atoms with Crippen molar-refractivity contribution < 1.29 is 4.79 Å². The molecule has 16 heavy (non-hydrogen) atoms. The Kier molecular flexibility index (Phi) is 3.44. The van der Waals surface area contributed by atoms with Gasteiger partial charge >= 0.3 is 6.03 Å². The van der Waals surface area contributed by atoms with E-state index in [1.807, 2.05) is 12.1 Å². The maximum absolute atomic E-state index is 10.7. The molecule has 2 amide bonds. The van der Waals surface area contributed by atoms with Crippen LogP contribution in [0.1, 0.15) is 43.6 Å². The molecule has 1 saturated carbocycles. The van der Waals surface area contributed by atoms with Crippen LogP contribution in [0, 0.1) is 6.07 Å². The summed E-state index contributed by atoms with van der Waals surface area (Å²) in [7, 11) is 0. The van der Waals surface area contributed by atoms with Crippen LogP contribution in [0.5, 0.6) is 0 Å². The molecule has 0 aliphatic heterocycles. The van der Waals surface area contributed by atoms with Gasteiger partial charge in [-0.25, -0.2) is 4.79 Å². The third kappa shape index (κ3) is 2.75. The Morgan fingerprint density at radius 1 is 1.38 bits per heavy atom. The van der Waals surface area contributed by atoms with Gasteiger partial charge in [0, 0.05) is 6.07 Å². The zero-order chi connectivity index (χ0) is 11.4. The highest BCUT2D eigenvalue weighted by Crippen LogP contribution is 2.33. The van der Waals surface area contributed by atoms with Crippen LogP contribution in [0.25, 0.3) is 0 Å². The Morgan fingerprint density at radius 2 is 2.12 bits per heavy atom. The third-order valence-electron chi connectivity index (χ3n) is 3.16. The van der Waals surface area contributed by atoms with Crippen LogP contribution in [-0.2, 0) is 0 Å². The number of benzene rings is 1. The van der Waals surface area contributed by atoms with E-state index in [9.17, 15) is 4.79 Å². The summed E-state index contributed by atoms with van der Waals surface area (Å²) in [6, 6.07) is 8.37. The number of rotatable bonds is 2. The molecule has 3 nitrogen and oxygen atoms in total. The highest BCUT2D eigenvalue weighted by Gasteiger charge is 2.15. The minimum Gasteiger partial charge on any atom is -0.351 e. The van der Waals surface area contributed by atoms with Gasteiger partial charge in [0.25, 0.3) is 0 Å². The Hall–Kier alpha value is -1.51. The van der Waals surface area contributed by atoms with Gasteiger partial charge in [-0.2, -0.15) is 0 Å². The maximum Gasteiger partial charge on any atom is 0.316 e. The largest absolute Gasteiger partial charge is 0.351 e. The Labute approximate surface area is 96.0 Å². The predicted molar refractivity (Wildman–Crippen MR) is 64.3 cm³/mol. The molecule has 85 valence electrons. The number of carbonyl (C=O) groups excluding carboxylic acids is 1. The molecule has 1 fully saturated rings. The molecular formula is C13H17N2O. The van der Waals surface area contributed by atoms with Crippen molar-refractivity contribution >= 4 is 11.7 Å².